The number of nitrogens with two attached hydrogens (primary N) is 1. The van der Waals surface area contributed by atoms with E-state index in [0.717, 1.165) is 17.9 Å². The van der Waals surface area contributed by atoms with Crippen molar-refractivity contribution in [2.75, 3.05) is 0 Å². The molecule has 1 saturated carbocycles. The van der Waals surface area contributed by atoms with Crippen molar-refractivity contribution in [1.29, 1.82) is 0 Å². The molecule has 0 radical (unpaired) electrons. The van der Waals surface area contributed by atoms with E-state index in [-0.39, 0.29) is 24.3 Å². The Morgan fingerprint density at radius 2 is 1.86 bits per heavy atom. The van der Waals surface area contributed by atoms with E-state index in [1.54, 1.807) is 12.1 Å². The van der Waals surface area contributed by atoms with Crippen LogP contribution >= 0.6 is 12.4 Å². The molecule has 1 aliphatic rings. The molecule has 1 aliphatic carbocycles. The van der Waals surface area contributed by atoms with Gasteiger partial charge in [-0.1, -0.05) is 25.0 Å². The highest BCUT2D eigenvalue weighted by molar-refractivity contribution is 5.85. The van der Waals surface area contributed by atoms with Gasteiger partial charge in [0.1, 0.15) is 5.82 Å². The summed E-state index contributed by atoms with van der Waals surface area (Å²) in [5, 5.41) is 0. The minimum absolute atomic E-state index is 0. The molecule has 1 fully saturated rings. The predicted octanol–water partition coefficient (Wildman–Crippen LogP) is 3.05. The Labute approximate surface area is 89.9 Å². The van der Waals surface area contributed by atoms with Crippen LogP contribution in [0.2, 0.25) is 0 Å². The Morgan fingerprint density at radius 3 is 2.36 bits per heavy atom. The van der Waals surface area contributed by atoms with E-state index in [9.17, 15) is 4.39 Å². The molecule has 0 bridgehead atoms. The Morgan fingerprint density at radius 1 is 1.29 bits per heavy atom. The van der Waals surface area contributed by atoms with Crippen molar-refractivity contribution in [3.8, 4) is 0 Å². The monoisotopic (exact) mass is 215 g/mol. The second-order valence-corrected chi connectivity index (χ2v) is 3.84. The average Bonchev–Trinajstić information content (AvgIpc) is 2.89. The maximum Gasteiger partial charge on any atom is 0.123 e. The van der Waals surface area contributed by atoms with Gasteiger partial charge in [-0.05, 0) is 30.0 Å². The predicted molar refractivity (Wildman–Crippen MR) is 57.9 cm³/mol. The van der Waals surface area contributed by atoms with E-state index in [2.05, 4.69) is 0 Å². The summed E-state index contributed by atoms with van der Waals surface area (Å²) >= 11 is 0. The zero-order valence-corrected chi connectivity index (χ0v) is 8.77. The van der Waals surface area contributed by atoms with Crippen LogP contribution in [-0.4, -0.2) is 0 Å². The molecule has 1 aromatic rings. The smallest absolute Gasteiger partial charge is 0.123 e. The normalized spacial score (nSPS) is 17.3. The Kier molecular flexibility index (Phi) is 3.90. The molecule has 0 amide bonds. The van der Waals surface area contributed by atoms with Gasteiger partial charge in [0, 0.05) is 6.04 Å². The van der Waals surface area contributed by atoms with Crippen molar-refractivity contribution in [2.45, 2.75) is 25.3 Å². The Bertz CT molecular complexity index is 282. The van der Waals surface area contributed by atoms with E-state index in [1.165, 1.54) is 25.0 Å². The first-order valence-corrected chi connectivity index (χ1v) is 4.77. The minimum Gasteiger partial charge on any atom is -0.324 e. The van der Waals surface area contributed by atoms with Crippen LogP contribution in [0.5, 0.6) is 0 Å². The average molecular weight is 216 g/mol. The minimum atomic E-state index is -0.192. The number of halogens is 2. The zero-order valence-electron chi connectivity index (χ0n) is 7.95. The van der Waals surface area contributed by atoms with E-state index in [4.69, 9.17) is 5.73 Å². The second kappa shape index (κ2) is 4.76. The van der Waals surface area contributed by atoms with E-state index in [0.29, 0.717) is 0 Å². The fourth-order valence-electron chi connectivity index (χ4n) is 1.56. The van der Waals surface area contributed by atoms with Crippen molar-refractivity contribution in [3.63, 3.8) is 0 Å². The third-order valence-corrected chi connectivity index (χ3v) is 2.58. The summed E-state index contributed by atoms with van der Waals surface area (Å²) in [6.45, 7) is 0. The van der Waals surface area contributed by atoms with Crippen molar-refractivity contribution >= 4 is 12.4 Å². The highest BCUT2D eigenvalue weighted by Crippen LogP contribution is 2.36. The molecule has 0 saturated heterocycles. The standard InChI is InChI=1S/C11H14FN.ClH/c12-10-5-3-9(4-6-10)11(13)7-8-1-2-8;/h3-6,8,11H,1-2,7,13H2;1H/t11-;/m1./s1. The lowest BCUT2D eigenvalue weighted by atomic mass is 10.0. The number of benzene rings is 1. The summed E-state index contributed by atoms with van der Waals surface area (Å²) in [6.07, 6.45) is 3.68. The summed E-state index contributed by atoms with van der Waals surface area (Å²) in [5.74, 6) is 0.627. The molecule has 1 aromatic carbocycles. The van der Waals surface area contributed by atoms with Gasteiger partial charge in [0.2, 0.25) is 0 Å². The van der Waals surface area contributed by atoms with Crippen LogP contribution in [0.25, 0.3) is 0 Å². The lowest BCUT2D eigenvalue weighted by molar-refractivity contribution is 0.591. The molecule has 2 rings (SSSR count). The van der Waals surface area contributed by atoms with Crippen LogP contribution in [0.1, 0.15) is 30.9 Å². The first-order chi connectivity index (χ1) is 6.25. The summed E-state index contributed by atoms with van der Waals surface area (Å²) in [7, 11) is 0. The quantitative estimate of drug-likeness (QED) is 0.824. The number of rotatable bonds is 3. The fourth-order valence-corrected chi connectivity index (χ4v) is 1.56. The van der Waals surface area contributed by atoms with Gasteiger partial charge in [-0.25, -0.2) is 4.39 Å². The number of hydrogen-bond acceptors (Lipinski definition) is 1. The third-order valence-electron chi connectivity index (χ3n) is 2.58. The van der Waals surface area contributed by atoms with Crippen LogP contribution < -0.4 is 5.73 Å². The van der Waals surface area contributed by atoms with Gasteiger partial charge < -0.3 is 5.73 Å². The molecule has 3 heteroatoms. The van der Waals surface area contributed by atoms with Gasteiger partial charge in [-0.2, -0.15) is 0 Å². The third kappa shape index (κ3) is 2.96. The maximum absolute atomic E-state index is 12.6. The molecule has 0 spiro atoms. The Balaban J connectivity index is 0.000000980. The molecule has 14 heavy (non-hydrogen) atoms. The highest BCUT2D eigenvalue weighted by Gasteiger charge is 2.24. The van der Waals surface area contributed by atoms with Crippen LogP contribution in [-0.2, 0) is 0 Å². The zero-order chi connectivity index (χ0) is 9.26. The van der Waals surface area contributed by atoms with E-state index >= 15 is 0 Å². The van der Waals surface area contributed by atoms with Crippen molar-refractivity contribution < 1.29 is 4.39 Å². The topological polar surface area (TPSA) is 26.0 Å². The SMILES string of the molecule is Cl.N[C@H](CC1CC1)c1ccc(F)cc1. The van der Waals surface area contributed by atoms with Gasteiger partial charge in [-0.15, -0.1) is 12.4 Å². The molecule has 2 N–H and O–H groups in total. The molecule has 0 aromatic heterocycles. The van der Waals surface area contributed by atoms with Crippen LogP contribution in [0.3, 0.4) is 0 Å². The van der Waals surface area contributed by atoms with Crippen LogP contribution in [0.15, 0.2) is 24.3 Å². The molecule has 0 aliphatic heterocycles. The first kappa shape index (κ1) is 11.5. The van der Waals surface area contributed by atoms with Gasteiger partial charge in [0.05, 0.1) is 0 Å². The molecular weight excluding hydrogens is 201 g/mol. The molecule has 1 atom stereocenters. The van der Waals surface area contributed by atoms with Gasteiger partial charge in [0.15, 0.2) is 0 Å². The summed E-state index contributed by atoms with van der Waals surface area (Å²) in [4.78, 5) is 0. The first-order valence-electron chi connectivity index (χ1n) is 4.77. The van der Waals surface area contributed by atoms with E-state index in [1.807, 2.05) is 0 Å². The maximum atomic E-state index is 12.6. The van der Waals surface area contributed by atoms with Crippen LogP contribution in [0.4, 0.5) is 4.39 Å². The van der Waals surface area contributed by atoms with Gasteiger partial charge in [0.25, 0.3) is 0 Å². The van der Waals surface area contributed by atoms with E-state index < -0.39 is 0 Å². The number of hydrogen-bond donors (Lipinski definition) is 1. The Hall–Kier alpha value is -0.600. The molecule has 0 unspecified atom stereocenters. The van der Waals surface area contributed by atoms with Crippen LogP contribution in [0, 0.1) is 11.7 Å². The lowest BCUT2D eigenvalue weighted by Gasteiger charge is -2.10. The summed E-state index contributed by atoms with van der Waals surface area (Å²) in [6, 6.07) is 6.60. The van der Waals surface area contributed by atoms with Crippen molar-refractivity contribution in [2.24, 2.45) is 11.7 Å². The molecule has 78 valence electrons. The second-order valence-electron chi connectivity index (χ2n) is 3.84. The van der Waals surface area contributed by atoms with Crippen molar-refractivity contribution in [3.05, 3.63) is 35.6 Å². The molecule has 0 heterocycles. The lowest BCUT2D eigenvalue weighted by Crippen LogP contribution is -2.10. The van der Waals surface area contributed by atoms with Crippen molar-refractivity contribution in [1.82, 2.24) is 0 Å². The fraction of sp³-hybridized carbons (Fsp3) is 0.455. The molecule has 1 nitrogen and oxygen atoms in total. The molecular formula is C11H15ClFN. The summed E-state index contributed by atoms with van der Waals surface area (Å²) in [5.41, 5.74) is 7.01. The largest absolute Gasteiger partial charge is 0.324 e. The van der Waals surface area contributed by atoms with Gasteiger partial charge in [-0.3, -0.25) is 0 Å². The highest BCUT2D eigenvalue weighted by atomic mass is 35.5. The van der Waals surface area contributed by atoms with Gasteiger partial charge >= 0.3 is 0 Å². The summed E-state index contributed by atoms with van der Waals surface area (Å²) < 4.78 is 12.6.